The Kier molecular flexibility index (Phi) is 5.71. The van der Waals surface area contributed by atoms with E-state index in [1.807, 2.05) is 35.0 Å². The third-order valence-electron chi connectivity index (χ3n) is 3.09. The van der Waals surface area contributed by atoms with Gasteiger partial charge in [0.25, 0.3) is 0 Å². The van der Waals surface area contributed by atoms with Crippen molar-refractivity contribution in [1.82, 2.24) is 20.2 Å². The Morgan fingerprint density at radius 1 is 1.29 bits per heavy atom. The number of rotatable bonds is 8. The molecule has 1 unspecified atom stereocenters. The Morgan fingerprint density at radius 2 is 2.05 bits per heavy atom. The highest BCUT2D eigenvalue weighted by atomic mass is 16.5. The minimum atomic E-state index is -0.0136. The van der Waals surface area contributed by atoms with Gasteiger partial charge in [-0.15, -0.1) is 0 Å². The molecular formula is C15H23N5O. The fourth-order valence-electron chi connectivity index (χ4n) is 2.04. The van der Waals surface area contributed by atoms with E-state index in [9.17, 15) is 0 Å². The van der Waals surface area contributed by atoms with Crippen LogP contribution in [0, 0.1) is 5.92 Å². The number of hydrazine groups is 1. The van der Waals surface area contributed by atoms with Crippen molar-refractivity contribution in [3.8, 4) is 5.75 Å². The fraction of sp³-hybridized carbons (Fsp3) is 0.467. The van der Waals surface area contributed by atoms with Crippen LogP contribution in [0.3, 0.4) is 0 Å². The van der Waals surface area contributed by atoms with Crippen molar-refractivity contribution in [2.75, 3.05) is 6.61 Å². The summed E-state index contributed by atoms with van der Waals surface area (Å²) in [5, 5.41) is 4.26. The van der Waals surface area contributed by atoms with Crippen molar-refractivity contribution in [1.29, 1.82) is 0 Å². The van der Waals surface area contributed by atoms with Crippen LogP contribution in [0.25, 0.3) is 0 Å². The number of nitrogens with two attached hydrogens (primary N) is 1. The van der Waals surface area contributed by atoms with Crippen molar-refractivity contribution < 1.29 is 4.74 Å². The molecule has 1 aromatic heterocycles. The van der Waals surface area contributed by atoms with Gasteiger partial charge in [0, 0.05) is 13.0 Å². The van der Waals surface area contributed by atoms with Crippen LogP contribution in [-0.4, -0.2) is 27.4 Å². The maximum Gasteiger partial charge on any atom is 0.138 e. The van der Waals surface area contributed by atoms with Gasteiger partial charge < -0.3 is 4.74 Å². The second-order valence-electron chi connectivity index (χ2n) is 5.44. The van der Waals surface area contributed by atoms with E-state index in [0.29, 0.717) is 18.9 Å². The van der Waals surface area contributed by atoms with E-state index in [2.05, 4.69) is 29.4 Å². The summed E-state index contributed by atoms with van der Waals surface area (Å²) in [5.74, 6) is 7.90. The van der Waals surface area contributed by atoms with Crippen LogP contribution in [0.1, 0.15) is 19.7 Å². The fourth-order valence-corrected chi connectivity index (χ4v) is 2.04. The summed E-state index contributed by atoms with van der Waals surface area (Å²) >= 11 is 0. The van der Waals surface area contributed by atoms with Crippen LogP contribution in [0.2, 0.25) is 0 Å². The topological polar surface area (TPSA) is 78.0 Å². The lowest BCUT2D eigenvalue weighted by molar-refractivity contribution is 0.260. The van der Waals surface area contributed by atoms with Crippen LogP contribution in [0.5, 0.6) is 5.75 Å². The maximum atomic E-state index is 5.73. The molecule has 6 heteroatoms. The molecule has 0 aliphatic carbocycles. The predicted octanol–water partition coefficient (Wildman–Crippen LogP) is 1.39. The monoisotopic (exact) mass is 289 g/mol. The Bertz CT molecular complexity index is 526. The summed E-state index contributed by atoms with van der Waals surface area (Å²) in [6.07, 6.45) is 2.26. The zero-order chi connectivity index (χ0) is 15.1. The van der Waals surface area contributed by atoms with E-state index >= 15 is 0 Å². The first-order valence-corrected chi connectivity index (χ1v) is 7.19. The molecule has 1 atom stereocenters. The van der Waals surface area contributed by atoms with Gasteiger partial charge in [-0.1, -0.05) is 32.0 Å². The summed E-state index contributed by atoms with van der Waals surface area (Å²) in [5.41, 5.74) is 2.79. The Labute approximate surface area is 125 Å². The lowest BCUT2D eigenvalue weighted by Gasteiger charge is -2.17. The predicted molar refractivity (Wildman–Crippen MR) is 81.6 cm³/mol. The highest BCUT2D eigenvalue weighted by Gasteiger charge is 2.14. The van der Waals surface area contributed by atoms with Crippen molar-refractivity contribution in [2.24, 2.45) is 11.8 Å². The zero-order valence-electron chi connectivity index (χ0n) is 12.6. The van der Waals surface area contributed by atoms with Gasteiger partial charge in [-0.2, -0.15) is 5.10 Å². The van der Waals surface area contributed by atoms with Crippen LogP contribution < -0.4 is 16.0 Å². The lowest BCUT2D eigenvalue weighted by Crippen LogP contribution is -2.41. The van der Waals surface area contributed by atoms with E-state index in [4.69, 9.17) is 10.6 Å². The van der Waals surface area contributed by atoms with Gasteiger partial charge in [0.2, 0.25) is 0 Å². The highest BCUT2D eigenvalue weighted by Crippen LogP contribution is 2.10. The number of hydrogen-bond acceptors (Lipinski definition) is 5. The van der Waals surface area contributed by atoms with E-state index in [0.717, 1.165) is 18.1 Å². The summed E-state index contributed by atoms with van der Waals surface area (Å²) in [6.45, 7) is 5.65. The molecule has 2 rings (SSSR count). The van der Waals surface area contributed by atoms with E-state index in [1.54, 1.807) is 6.33 Å². The van der Waals surface area contributed by atoms with E-state index < -0.39 is 0 Å². The van der Waals surface area contributed by atoms with E-state index in [1.165, 1.54) is 0 Å². The molecule has 0 radical (unpaired) electrons. The van der Waals surface area contributed by atoms with Gasteiger partial charge in [-0.25, -0.2) is 9.67 Å². The van der Waals surface area contributed by atoms with Gasteiger partial charge in [0.05, 0.1) is 6.04 Å². The smallest absolute Gasteiger partial charge is 0.138 e. The first-order chi connectivity index (χ1) is 10.2. The van der Waals surface area contributed by atoms with Gasteiger partial charge in [0.1, 0.15) is 24.5 Å². The molecule has 1 heterocycles. The number of hydrogen-bond donors (Lipinski definition) is 2. The molecule has 0 saturated heterocycles. The number of benzene rings is 1. The molecule has 0 saturated carbocycles. The molecule has 0 aliphatic rings. The molecule has 114 valence electrons. The van der Waals surface area contributed by atoms with Crippen LogP contribution in [0.15, 0.2) is 36.7 Å². The molecule has 6 nitrogen and oxygen atoms in total. The van der Waals surface area contributed by atoms with Crippen molar-refractivity contribution in [3.63, 3.8) is 0 Å². The SMILES string of the molecule is CC(C)Cn1ncnc1CC(COc1ccccc1)NN. The van der Waals surface area contributed by atoms with Gasteiger partial charge >= 0.3 is 0 Å². The van der Waals surface area contributed by atoms with Gasteiger partial charge in [-0.05, 0) is 18.1 Å². The summed E-state index contributed by atoms with van der Waals surface area (Å²) in [4.78, 5) is 4.31. The minimum absolute atomic E-state index is 0.0136. The number of aromatic nitrogens is 3. The second kappa shape index (κ2) is 7.75. The van der Waals surface area contributed by atoms with Crippen molar-refractivity contribution >= 4 is 0 Å². The molecule has 3 N–H and O–H groups in total. The van der Waals surface area contributed by atoms with Crippen LogP contribution in [-0.2, 0) is 13.0 Å². The van der Waals surface area contributed by atoms with Crippen LogP contribution in [0.4, 0.5) is 0 Å². The number of nitrogens with one attached hydrogen (secondary N) is 1. The second-order valence-corrected chi connectivity index (χ2v) is 5.44. The zero-order valence-corrected chi connectivity index (χ0v) is 12.6. The van der Waals surface area contributed by atoms with Crippen molar-refractivity contribution in [3.05, 3.63) is 42.5 Å². The van der Waals surface area contributed by atoms with Crippen LogP contribution >= 0.6 is 0 Å². The first kappa shape index (κ1) is 15.5. The molecule has 0 amide bonds. The summed E-state index contributed by atoms with van der Waals surface area (Å²) in [7, 11) is 0. The van der Waals surface area contributed by atoms with Gasteiger partial charge in [0.15, 0.2) is 0 Å². The lowest BCUT2D eigenvalue weighted by atomic mass is 10.2. The summed E-state index contributed by atoms with van der Waals surface area (Å²) in [6, 6.07) is 9.68. The number of para-hydroxylation sites is 1. The number of ether oxygens (including phenoxy) is 1. The third kappa shape index (κ3) is 4.84. The molecule has 21 heavy (non-hydrogen) atoms. The average molecular weight is 289 g/mol. The average Bonchev–Trinajstić information content (AvgIpc) is 2.90. The van der Waals surface area contributed by atoms with Crippen molar-refractivity contribution in [2.45, 2.75) is 32.9 Å². The standard InChI is InChI=1S/C15H23N5O/c1-12(2)9-20-15(17-11-18-20)8-13(19-16)10-21-14-6-4-3-5-7-14/h3-7,11-13,19H,8-10,16H2,1-2H3. The first-order valence-electron chi connectivity index (χ1n) is 7.19. The summed E-state index contributed by atoms with van der Waals surface area (Å²) < 4.78 is 7.66. The molecule has 0 aliphatic heterocycles. The molecule has 0 fully saturated rings. The largest absolute Gasteiger partial charge is 0.492 e. The highest BCUT2D eigenvalue weighted by molar-refractivity contribution is 5.20. The molecule has 0 bridgehead atoms. The minimum Gasteiger partial charge on any atom is -0.492 e. The Hall–Kier alpha value is -1.92. The molecule has 1 aromatic carbocycles. The quantitative estimate of drug-likeness (QED) is 0.567. The molecular weight excluding hydrogens is 266 g/mol. The molecule has 2 aromatic rings. The Morgan fingerprint density at radius 3 is 2.71 bits per heavy atom. The van der Waals surface area contributed by atoms with E-state index in [-0.39, 0.29) is 6.04 Å². The molecule has 0 spiro atoms. The van der Waals surface area contributed by atoms with Gasteiger partial charge in [-0.3, -0.25) is 11.3 Å². The third-order valence-corrected chi connectivity index (χ3v) is 3.09. The normalized spacial score (nSPS) is 12.6. The number of nitrogens with zero attached hydrogens (tertiary/aromatic N) is 3. The Balaban J connectivity index is 1.91. The maximum absolute atomic E-state index is 5.73.